The van der Waals surface area contributed by atoms with E-state index in [-0.39, 0.29) is 18.7 Å². The van der Waals surface area contributed by atoms with Gasteiger partial charge in [-0.25, -0.2) is 17.2 Å². The van der Waals surface area contributed by atoms with E-state index in [1.807, 2.05) is 61.5 Å². The fourth-order valence-electron chi connectivity index (χ4n) is 3.99. The Balaban J connectivity index is 2.04. The van der Waals surface area contributed by atoms with Crippen molar-refractivity contribution in [2.75, 3.05) is 23.7 Å². The molecule has 10 heteroatoms. The Kier molecular flexibility index (Phi) is 9.57. The summed E-state index contributed by atoms with van der Waals surface area (Å²) >= 11 is 0. The number of benzene rings is 3. The van der Waals surface area contributed by atoms with Gasteiger partial charge in [0.15, 0.2) is 11.6 Å². The van der Waals surface area contributed by atoms with Gasteiger partial charge in [-0.2, -0.15) is 0 Å². The number of amides is 2. The van der Waals surface area contributed by atoms with Crippen LogP contribution in [0.5, 0.6) is 0 Å². The van der Waals surface area contributed by atoms with Gasteiger partial charge in [0.25, 0.3) is 0 Å². The maximum absolute atomic E-state index is 14.0. The highest BCUT2D eigenvalue weighted by Crippen LogP contribution is 2.22. The molecular weight excluding hydrogens is 512 g/mol. The number of carbonyl (C=O) groups is 2. The van der Waals surface area contributed by atoms with Crippen LogP contribution in [0.15, 0.2) is 72.8 Å². The largest absolute Gasteiger partial charge is 0.355 e. The van der Waals surface area contributed by atoms with E-state index in [0.29, 0.717) is 10.8 Å². The molecule has 1 N–H and O–H groups in total. The highest BCUT2D eigenvalue weighted by Gasteiger charge is 2.33. The van der Waals surface area contributed by atoms with Crippen LogP contribution in [0.25, 0.3) is 0 Å². The maximum Gasteiger partial charge on any atom is 0.244 e. The number of likely N-dealkylation sites (N-methyl/N-ethyl adjacent to an activating group) is 1. The quantitative estimate of drug-likeness (QED) is 0.399. The minimum Gasteiger partial charge on any atom is -0.355 e. The van der Waals surface area contributed by atoms with E-state index in [2.05, 4.69) is 5.32 Å². The molecule has 0 spiro atoms. The molecule has 3 rings (SSSR count). The molecule has 0 aromatic heterocycles. The Hall–Kier alpha value is -3.79. The number of anilines is 1. The van der Waals surface area contributed by atoms with Crippen molar-refractivity contribution in [3.63, 3.8) is 0 Å². The van der Waals surface area contributed by atoms with Gasteiger partial charge in [0.05, 0.1) is 11.9 Å². The third-order valence-electron chi connectivity index (χ3n) is 5.97. The first-order valence-corrected chi connectivity index (χ1v) is 13.9. The first-order valence-electron chi connectivity index (χ1n) is 12.1. The van der Waals surface area contributed by atoms with Crippen LogP contribution < -0.4 is 9.62 Å². The predicted octanol–water partition coefficient (Wildman–Crippen LogP) is 3.82. The normalized spacial score (nSPS) is 12.0. The molecule has 0 heterocycles. The van der Waals surface area contributed by atoms with E-state index in [1.54, 1.807) is 6.92 Å². The second kappa shape index (κ2) is 12.6. The molecule has 38 heavy (non-hydrogen) atoms. The summed E-state index contributed by atoms with van der Waals surface area (Å²) in [6.07, 6.45) is 1.06. The number of hydrogen-bond donors (Lipinski definition) is 1. The molecule has 0 saturated heterocycles. The number of halogens is 2. The molecule has 3 aromatic rings. The number of sulfonamides is 1. The summed E-state index contributed by atoms with van der Waals surface area (Å²) < 4.78 is 53.5. The summed E-state index contributed by atoms with van der Waals surface area (Å²) in [6.45, 7) is 3.34. The standard InChI is InChI=1S/C28H31F2N3O4S/c1-4-31-28(35)26(16-21-8-6-5-7-9-21)32(18-22-12-10-20(2)11-13-22)27(34)19-33(38(3,36)37)23-14-15-24(29)25(30)17-23/h5-15,17,26H,4,16,18-19H2,1-3H3,(H,31,35)/t26-/m1/s1. The van der Waals surface area contributed by atoms with Crippen molar-refractivity contribution in [2.45, 2.75) is 32.9 Å². The first-order chi connectivity index (χ1) is 18.0. The van der Waals surface area contributed by atoms with Crippen LogP contribution >= 0.6 is 0 Å². The topological polar surface area (TPSA) is 86.8 Å². The minimum absolute atomic E-state index is 0.0309. The smallest absolute Gasteiger partial charge is 0.244 e. The molecular formula is C28H31F2N3O4S. The van der Waals surface area contributed by atoms with E-state index in [0.717, 1.165) is 41.1 Å². The lowest BCUT2D eigenvalue weighted by Crippen LogP contribution is -2.53. The van der Waals surface area contributed by atoms with Crippen molar-refractivity contribution >= 4 is 27.5 Å². The number of rotatable bonds is 11. The van der Waals surface area contributed by atoms with Crippen molar-refractivity contribution < 1.29 is 26.8 Å². The maximum atomic E-state index is 14.0. The minimum atomic E-state index is -4.07. The van der Waals surface area contributed by atoms with Gasteiger partial charge in [-0.15, -0.1) is 0 Å². The molecule has 2 amide bonds. The van der Waals surface area contributed by atoms with Crippen LogP contribution in [0.4, 0.5) is 14.5 Å². The van der Waals surface area contributed by atoms with Gasteiger partial charge in [-0.3, -0.25) is 13.9 Å². The lowest BCUT2D eigenvalue weighted by atomic mass is 10.0. The lowest BCUT2D eigenvalue weighted by Gasteiger charge is -2.33. The van der Waals surface area contributed by atoms with Crippen LogP contribution in [0.2, 0.25) is 0 Å². The number of carbonyl (C=O) groups excluding carboxylic acids is 2. The molecule has 1 atom stereocenters. The molecule has 0 fully saturated rings. The number of hydrogen-bond acceptors (Lipinski definition) is 4. The van der Waals surface area contributed by atoms with Crippen LogP contribution in [0.3, 0.4) is 0 Å². The molecule has 3 aromatic carbocycles. The van der Waals surface area contributed by atoms with Crippen molar-refractivity contribution in [1.82, 2.24) is 10.2 Å². The number of nitrogens with zero attached hydrogens (tertiary/aromatic N) is 2. The summed E-state index contributed by atoms with van der Waals surface area (Å²) in [6, 6.07) is 18.2. The molecule has 0 bridgehead atoms. The van der Waals surface area contributed by atoms with E-state index in [4.69, 9.17) is 0 Å². The molecule has 0 aliphatic rings. The molecule has 0 aliphatic heterocycles. The number of aryl methyl sites for hydroxylation is 1. The summed E-state index contributed by atoms with van der Waals surface area (Å²) in [7, 11) is -4.07. The Morgan fingerprint density at radius 3 is 2.16 bits per heavy atom. The lowest BCUT2D eigenvalue weighted by molar-refractivity contribution is -0.140. The van der Waals surface area contributed by atoms with Gasteiger partial charge in [0, 0.05) is 25.6 Å². The third-order valence-corrected chi connectivity index (χ3v) is 7.11. The van der Waals surface area contributed by atoms with Crippen LogP contribution in [0, 0.1) is 18.6 Å². The van der Waals surface area contributed by atoms with Gasteiger partial charge in [-0.1, -0.05) is 60.2 Å². The zero-order valence-electron chi connectivity index (χ0n) is 21.5. The molecule has 0 saturated carbocycles. The van der Waals surface area contributed by atoms with E-state index in [1.165, 1.54) is 4.90 Å². The van der Waals surface area contributed by atoms with Crippen LogP contribution in [-0.2, 0) is 32.6 Å². The van der Waals surface area contributed by atoms with Crippen molar-refractivity contribution in [3.8, 4) is 0 Å². The molecule has 0 radical (unpaired) electrons. The first kappa shape index (κ1) is 28.8. The highest BCUT2D eigenvalue weighted by atomic mass is 32.2. The molecule has 0 unspecified atom stereocenters. The fourth-order valence-corrected chi connectivity index (χ4v) is 4.83. The zero-order valence-corrected chi connectivity index (χ0v) is 22.3. The van der Waals surface area contributed by atoms with Gasteiger partial charge in [0.2, 0.25) is 21.8 Å². The predicted molar refractivity (Wildman–Crippen MR) is 143 cm³/mol. The summed E-state index contributed by atoms with van der Waals surface area (Å²) in [4.78, 5) is 28.4. The average Bonchev–Trinajstić information content (AvgIpc) is 2.87. The van der Waals surface area contributed by atoms with Crippen LogP contribution in [0.1, 0.15) is 23.6 Å². The zero-order chi connectivity index (χ0) is 27.9. The Bertz CT molecular complexity index is 1370. The van der Waals surface area contributed by atoms with Gasteiger partial charge < -0.3 is 10.2 Å². The summed E-state index contributed by atoms with van der Waals surface area (Å²) in [5.41, 5.74) is 2.36. The Labute approximate surface area is 222 Å². The van der Waals surface area contributed by atoms with Crippen molar-refractivity contribution in [2.24, 2.45) is 0 Å². The third kappa shape index (κ3) is 7.61. The van der Waals surface area contributed by atoms with E-state index >= 15 is 0 Å². The second-order valence-electron chi connectivity index (χ2n) is 8.98. The molecule has 202 valence electrons. The van der Waals surface area contributed by atoms with Crippen molar-refractivity contribution in [3.05, 3.63) is 101 Å². The average molecular weight is 544 g/mol. The van der Waals surface area contributed by atoms with E-state index < -0.39 is 46.1 Å². The van der Waals surface area contributed by atoms with Gasteiger partial charge >= 0.3 is 0 Å². The van der Waals surface area contributed by atoms with Crippen molar-refractivity contribution in [1.29, 1.82) is 0 Å². The van der Waals surface area contributed by atoms with Crippen LogP contribution in [-0.4, -0.2) is 50.5 Å². The Morgan fingerprint density at radius 1 is 0.921 bits per heavy atom. The summed E-state index contributed by atoms with van der Waals surface area (Å²) in [5, 5.41) is 2.77. The SMILES string of the molecule is CCNC(=O)[C@@H](Cc1ccccc1)N(Cc1ccc(C)cc1)C(=O)CN(c1ccc(F)c(F)c1)S(C)(=O)=O. The Morgan fingerprint density at radius 2 is 1.58 bits per heavy atom. The highest BCUT2D eigenvalue weighted by molar-refractivity contribution is 7.92. The number of nitrogens with one attached hydrogen (secondary N) is 1. The van der Waals surface area contributed by atoms with Gasteiger partial charge in [-0.05, 0) is 37.1 Å². The van der Waals surface area contributed by atoms with E-state index in [9.17, 15) is 26.8 Å². The fraction of sp³-hybridized carbons (Fsp3) is 0.286. The second-order valence-corrected chi connectivity index (χ2v) is 10.9. The molecule has 7 nitrogen and oxygen atoms in total. The summed E-state index contributed by atoms with van der Waals surface area (Å²) in [5.74, 6) is -3.46. The molecule has 0 aliphatic carbocycles. The monoisotopic (exact) mass is 543 g/mol. The van der Waals surface area contributed by atoms with Gasteiger partial charge in [0.1, 0.15) is 12.6 Å².